The number of halogens is 6. The number of ether oxygens (including phenoxy) is 1. The molecule has 3 rings (SSSR count). The number of rotatable bonds is 8. The first-order valence-electron chi connectivity index (χ1n) is 10.9. The summed E-state index contributed by atoms with van der Waals surface area (Å²) >= 11 is 0. The molecule has 0 fully saturated rings. The van der Waals surface area contributed by atoms with Crippen molar-refractivity contribution >= 4 is 11.8 Å². The van der Waals surface area contributed by atoms with E-state index in [0.717, 1.165) is 43.5 Å². The minimum atomic E-state index is -4.60. The smallest absolute Gasteiger partial charge is 0.416 e. The van der Waals surface area contributed by atoms with Gasteiger partial charge in [0.1, 0.15) is 11.8 Å². The van der Waals surface area contributed by atoms with Gasteiger partial charge in [0.25, 0.3) is 5.91 Å². The Balaban J connectivity index is 1.50. The highest BCUT2D eigenvalue weighted by Gasteiger charge is 2.33. The molecule has 0 radical (unpaired) electrons. The summed E-state index contributed by atoms with van der Waals surface area (Å²) in [6, 6.07) is 5.84. The number of carbonyl (C=O) groups excluding carboxylic acids is 2. The molecule has 2 aromatic rings. The average Bonchev–Trinajstić information content (AvgIpc) is 3.34. The first kappa shape index (κ1) is 28.2. The number of methoxy groups -OCH3 is 1. The van der Waals surface area contributed by atoms with Crippen molar-refractivity contribution in [1.82, 2.24) is 15.6 Å². The molecule has 0 saturated carbocycles. The summed E-state index contributed by atoms with van der Waals surface area (Å²) in [7, 11) is 1.14. The molecule has 1 aliphatic rings. The van der Waals surface area contributed by atoms with Gasteiger partial charge in [-0.1, -0.05) is 17.4 Å². The fourth-order valence-electron chi connectivity index (χ4n) is 3.42. The summed E-state index contributed by atoms with van der Waals surface area (Å²) in [5, 5.41) is 23.2. The van der Waals surface area contributed by atoms with Crippen molar-refractivity contribution in [2.75, 3.05) is 26.7 Å². The summed E-state index contributed by atoms with van der Waals surface area (Å²) in [5.41, 5.74) is -1.81. The lowest BCUT2D eigenvalue weighted by atomic mass is 10.0. The van der Waals surface area contributed by atoms with Gasteiger partial charge in [-0.2, -0.15) is 36.7 Å². The fraction of sp³-hybridized carbons (Fsp3) is 0.348. The molecule has 15 heteroatoms. The van der Waals surface area contributed by atoms with Gasteiger partial charge in [-0.15, -0.1) is 0 Å². The Labute approximate surface area is 212 Å². The standard InChI is InChI=1S/C23H20F6N6O3/c1-38-19-10-15(23(27,28)29)6-7-16(19)20(36)31-8-9-35-12-18(33-34-35)21(37)32-17(11-30)13-2-4-14(5-3-13)22(24,25)26/h2-7,10,17-18H,8-9,12H2,1H3,(H,31,36)(H,32,37). The number of hydrogen-bond acceptors (Lipinski definition) is 7. The first-order chi connectivity index (χ1) is 17.8. The van der Waals surface area contributed by atoms with E-state index in [9.17, 15) is 41.2 Å². The zero-order chi connectivity index (χ0) is 28.1. The zero-order valence-electron chi connectivity index (χ0n) is 19.6. The van der Waals surface area contributed by atoms with E-state index >= 15 is 0 Å². The van der Waals surface area contributed by atoms with Gasteiger partial charge in [-0.3, -0.25) is 14.6 Å². The number of nitriles is 1. The van der Waals surface area contributed by atoms with Crippen LogP contribution in [0.3, 0.4) is 0 Å². The van der Waals surface area contributed by atoms with E-state index in [1.165, 1.54) is 5.01 Å². The predicted octanol–water partition coefficient (Wildman–Crippen LogP) is 3.90. The fourth-order valence-corrected chi connectivity index (χ4v) is 3.42. The second kappa shape index (κ2) is 11.4. The molecule has 38 heavy (non-hydrogen) atoms. The predicted molar refractivity (Wildman–Crippen MR) is 118 cm³/mol. The summed E-state index contributed by atoms with van der Waals surface area (Å²) < 4.78 is 81.7. The molecule has 2 amide bonds. The molecule has 2 atom stereocenters. The average molecular weight is 542 g/mol. The van der Waals surface area contributed by atoms with Crippen molar-refractivity contribution in [3.05, 3.63) is 64.7 Å². The van der Waals surface area contributed by atoms with Crippen molar-refractivity contribution in [2.45, 2.75) is 24.4 Å². The van der Waals surface area contributed by atoms with Gasteiger partial charge in [0.2, 0.25) is 5.91 Å². The van der Waals surface area contributed by atoms with Crippen LogP contribution in [0, 0.1) is 11.3 Å². The Hall–Kier alpha value is -4.35. The Morgan fingerprint density at radius 3 is 2.32 bits per heavy atom. The number of benzene rings is 2. The van der Waals surface area contributed by atoms with E-state index < -0.39 is 47.4 Å². The van der Waals surface area contributed by atoms with Crippen LogP contribution in [0.5, 0.6) is 5.75 Å². The van der Waals surface area contributed by atoms with E-state index in [0.29, 0.717) is 6.07 Å². The van der Waals surface area contributed by atoms with E-state index in [1.54, 1.807) is 6.07 Å². The second-order valence-corrected chi connectivity index (χ2v) is 7.99. The number of amides is 2. The highest BCUT2D eigenvalue weighted by molar-refractivity contribution is 5.97. The van der Waals surface area contributed by atoms with Gasteiger partial charge in [-0.25, -0.2) is 0 Å². The Kier molecular flexibility index (Phi) is 8.44. The molecule has 0 saturated heterocycles. The number of carbonyl (C=O) groups is 2. The minimum Gasteiger partial charge on any atom is -0.496 e. The van der Waals surface area contributed by atoms with Crippen LogP contribution in [0.15, 0.2) is 52.8 Å². The summed E-state index contributed by atoms with van der Waals surface area (Å²) in [6.45, 7) is 0.0990. The second-order valence-electron chi connectivity index (χ2n) is 7.99. The highest BCUT2D eigenvalue weighted by Crippen LogP contribution is 2.33. The van der Waals surface area contributed by atoms with Crippen molar-refractivity contribution < 1.29 is 40.7 Å². The molecule has 0 bridgehead atoms. The third kappa shape index (κ3) is 6.90. The highest BCUT2D eigenvalue weighted by atomic mass is 19.4. The summed E-state index contributed by atoms with van der Waals surface area (Å²) in [5.74, 6) is -1.62. The van der Waals surface area contributed by atoms with Crippen LogP contribution in [-0.2, 0) is 17.1 Å². The quantitative estimate of drug-likeness (QED) is 0.491. The maximum atomic E-state index is 12.9. The molecule has 0 spiro atoms. The largest absolute Gasteiger partial charge is 0.496 e. The van der Waals surface area contributed by atoms with Crippen LogP contribution in [0.25, 0.3) is 0 Å². The zero-order valence-corrected chi connectivity index (χ0v) is 19.6. The summed E-state index contributed by atoms with van der Waals surface area (Å²) in [6.07, 6.45) is -9.14. The maximum absolute atomic E-state index is 12.9. The first-order valence-corrected chi connectivity index (χ1v) is 10.9. The van der Waals surface area contributed by atoms with Gasteiger partial charge < -0.3 is 15.4 Å². The van der Waals surface area contributed by atoms with Crippen LogP contribution in [0.2, 0.25) is 0 Å². The van der Waals surface area contributed by atoms with Gasteiger partial charge in [-0.05, 0) is 35.9 Å². The molecule has 0 aromatic heterocycles. The topological polar surface area (TPSA) is 119 Å². The van der Waals surface area contributed by atoms with Gasteiger partial charge >= 0.3 is 12.4 Å². The van der Waals surface area contributed by atoms with E-state index in [4.69, 9.17) is 4.74 Å². The maximum Gasteiger partial charge on any atom is 0.416 e. The molecular formula is C23H20F6N6O3. The normalized spacial score (nSPS) is 16.1. The molecule has 9 nitrogen and oxygen atoms in total. The number of nitrogens with zero attached hydrogens (tertiary/aromatic N) is 4. The van der Waals surface area contributed by atoms with Gasteiger partial charge in [0.15, 0.2) is 6.04 Å². The molecule has 1 aliphatic heterocycles. The molecule has 0 aliphatic carbocycles. The van der Waals surface area contributed by atoms with Crippen molar-refractivity contribution in [3.63, 3.8) is 0 Å². The lowest BCUT2D eigenvalue weighted by Crippen LogP contribution is -2.40. The Bertz CT molecular complexity index is 1240. The van der Waals surface area contributed by atoms with E-state index in [-0.39, 0.29) is 36.5 Å². The monoisotopic (exact) mass is 542 g/mol. The third-order valence-electron chi connectivity index (χ3n) is 5.42. The van der Waals surface area contributed by atoms with Crippen LogP contribution in [0.1, 0.15) is 33.1 Å². The molecule has 2 unspecified atom stereocenters. The van der Waals surface area contributed by atoms with Crippen LogP contribution in [0.4, 0.5) is 26.3 Å². The Morgan fingerprint density at radius 1 is 1.11 bits per heavy atom. The van der Waals surface area contributed by atoms with Gasteiger partial charge in [0, 0.05) is 6.54 Å². The number of alkyl halides is 6. The van der Waals surface area contributed by atoms with Crippen LogP contribution in [-0.4, -0.2) is 49.6 Å². The molecule has 2 aromatic carbocycles. The van der Waals surface area contributed by atoms with Gasteiger partial charge in [0.05, 0.1) is 43.0 Å². The Morgan fingerprint density at radius 2 is 1.74 bits per heavy atom. The number of nitrogens with one attached hydrogen (secondary N) is 2. The van der Waals surface area contributed by atoms with Crippen molar-refractivity contribution in [1.29, 1.82) is 5.26 Å². The number of hydrogen-bond donors (Lipinski definition) is 2. The molecular weight excluding hydrogens is 522 g/mol. The summed E-state index contributed by atoms with van der Waals surface area (Å²) in [4.78, 5) is 24.9. The SMILES string of the molecule is COc1cc(C(F)(F)F)ccc1C(=O)NCCN1CC(C(=O)NC(C#N)c2ccc(C(F)(F)F)cc2)N=N1. The third-order valence-corrected chi connectivity index (χ3v) is 5.42. The molecule has 1 heterocycles. The minimum absolute atomic E-state index is 0.00272. The van der Waals surface area contributed by atoms with E-state index in [2.05, 4.69) is 21.0 Å². The lowest BCUT2D eigenvalue weighted by molar-refractivity contribution is -0.138. The lowest BCUT2D eigenvalue weighted by Gasteiger charge is -2.17. The molecule has 202 valence electrons. The van der Waals surface area contributed by atoms with Crippen molar-refractivity contribution in [2.24, 2.45) is 10.3 Å². The molecule has 2 N–H and O–H groups in total. The van der Waals surface area contributed by atoms with E-state index in [1.807, 2.05) is 0 Å². The van der Waals surface area contributed by atoms with Crippen molar-refractivity contribution in [3.8, 4) is 11.8 Å². The van der Waals surface area contributed by atoms with Crippen LogP contribution < -0.4 is 15.4 Å². The van der Waals surface area contributed by atoms with Crippen LogP contribution >= 0.6 is 0 Å².